The van der Waals surface area contributed by atoms with Gasteiger partial charge in [-0.3, -0.25) is 9.69 Å². The first-order chi connectivity index (χ1) is 9.20. The molecule has 0 aromatic rings. The fourth-order valence-electron chi connectivity index (χ4n) is 2.79. The van der Waals surface area contributed by atoms with Crippen LogP contribution in [-0.4, -0.2) is 59.4 Å². The van der Waals surface area contributed by atoms with Crippen LogP contribution in [0, 0.1) is 0 Å². The zero-order chi connectivity index (χ0) is 15.4. The van der Waals surface area contributed by atoms with Gasteiger partial charge in [-0.05, 0) is 47.1 Å². The van der Waals surface area contributed by atoms with Crippen LogP contribution < -0.4 is 5.32 Å². The first kappa shape index (κ1) is 17.4. The van der Waals surface area contributed by atoms with Crippen LogP contribution in [0.15, 0.2) is 0 Å². The van der Waals surface area contributed by atoms with E-state index in [4.69, 9.17) is 4.74 Å². The maximum Gasteiger partial charge on any atom is 0.323 e. The maximum atomic E-state index is 11.6. The Labute approximate surface area is 122 Å². The van der Waals surface area contributed by atoms with Gasteiger partial charge in [-0.1, -0.05) is 6.92 Å². The highest BCUT2D eigenvalue weighted by atomic mass is 16.5. The smallest absolute Gasteiger partial charge is 0.323 e. The first-order valence-electron chi connectivity index (χ1n) is 7.56. The molecule has 5 heteroatoms. The van der Waals surface area contributed by atoms with Gasteiger partial charge in [0.2, 0.25) is 0 Å². The Morgan fingerprint density at radius 2 is 2.20 bits per heavy atom. The molecule has 0 radical (unpaired) electrons. The quantitative estimate of drug-likeness (QED) is 0.746. The van der Waals surface area contributed by atoms with Crippen molar-refractivity contribution < 1.29 is 14.6 Å². The molecule has 5 nitrogen and oxygen atoms in total. The summed E-state index contributed by atoms with van der Waals surface area (Å²) >= 11 is 0. The number of aliphatic carboxylic acids is 1. The average molecular weight is 286 g/mol. The van der Waals surface area contributed by atoms with E-state index in [0.29, 0.717) is 13.0 Å². The lowest BCUT2D eigenvalue weighted by atomic mass is 9.91. The molecule has 1 heterocycles. The van der Waals surface area contributed by atoms with Gasteiger partial charge >= 0.3 is 5.97 Å². The molecule has 0 amide bonds. The van der Waals surface area contributed by atoms with Crippen molar-refractivity contribution in [3.63, 3.8) is 0 Å². The molecule has 0 bridgehead atoms. The minimum Gasteiger partial charge on any atom is -0.480 e. The number of hydrogen-bond acceptors (Lipinski definition) is 4. The van der Waals surface area contributed by atoms with E-state index in [2.05, 4.69) is 31.0 Å². The number of morpholine rings is 1. The number of carboxylic acids is 1. The van der Waals surface area contributed by atoms with Crippen LogP contribution in [0.4, 0.5) is 0 Å². The highest BCUT2D eigenvalue weighted by Gasteiger charge is 2.37. The second-order valence-electron chi connectivity index (χ2n) is 6.70. The number of rotatable bonds is 7. The Balaban J connectivity index is 2.66. The van der Waals surface area contributed by atoms with E-state index in [1.807, 2.05) is 6.92 Å². The Kier molecular flexibility index (Phi) is 5.98. The summed E-state index contributed by atoms with van der Waals surface area (Å²) in [5.41, 5.74) is -1.01. The lowest BCUT2D eigenvalue weighted by Crippen LogP contribution is -2.57. The molecule has 1 rings (SSSR count). The monoisotopic (exact) mass is 286 g/mol. The van der Waals surface area contributed by atoms with Gasteiger partial charge in [0.15, 0.2) is 0 Å². The van der Waals surface area contributed by atoms with Gasteiger partial charge in [0.1, 0.15) is 5.54 Å². The van der Waals surface area contributed by atoms with Crippen molar-refractivity contribution in [2.45, 2.75) is 64.6 Å². The van der Waals surface area contributed by atoms with Gasteiger partial charge < -0.3 is 15.2 Å². The van der Waals surface area contributed by atoms with Crippen LogP contribution in [0.2, 0.25) is 0 Å². The summed E-state index contributed by atoms with van der Waals surface area (Å²) < 4.78 is 5.71. The van der Waals surface area contributed by atoms with E-state index >= 15 is 0 Å². The summed E-state index contributed by atoms with van der Waals surface area (Å²) in [6.07, 6.45) is 1.53. The third-order valence-corrected chi connectivity index (χ3v) is 4.02. The molecule has 0 aromatic heterocycles. The van der Waals surface area contributed by atoms with Crippen LogP contribution in [0.25, 0.3) is 0 Å². The predicted octanol–water partition coefficient (Wildman–Crippen LogP) is 1.72. The minimum absolute atomic E-state index is 0.150. The van der Waals surface area contributed by atoms with Crippen molar-refractivity contribution in [3.8, 4) is 0 Å². The maximum absolute atomic E-state index is 11.6. The second kappa shape index (κ2) is 6.87. The number of carbonyl (C=O) groups is 1. The number of nitrogens with one attached hydrogen (secondary N) is 1. The molecule has 1 saturated heterocycles. The molecule has 20 heavy (non-hydrogen) atoms. The summed E-state index contributed by atoms with van der Waals surface area (Å²) in [5.74, 6) is -0.773. The van der Waals surface area contributed by atoms with E-state index in [9.17, 15) is 9.90 Å². The molecule has 1 aliphatic heterocycles. The summed E-state index contributed by atoms with van der Waals surface area (Å²) in [7, 11) is 0. The molecule has 2 unspecified atom stereocenters. The lowest BCUT2D eigenvalue weighted by Gasteiger charge is -2.43. The Morgan fingerprint density at radius 1 is 1.55 bits per heavy atom. The highest BCUT2D eigenvalue weighted by molar-refractivity contribution is 5.78. The molecule has 1 fully saturated rings. The highest BCUT2D eigenvalue weighted by Crippen LogP contribution is 2.23. The zero-order valence-corrected chi connectivity index (χ0v) is 13.5. The standard InChI is InChI=1S/C15H30N2O3/c1-6-7-16-15(5,13(18)19)10-12(2)17-8-9-20-14(3,4)11-17/h12,16H,6-11H2,1-5H3,(H,18,19). The van der Waals surface area contributed by atoms with Crippen LogP contribution in [0.1, 0.15) is 47.5 Å². The lowest BCUT2D eigenvalue weighted by molar-refractivity contribution is -0.145. The topological polar surface area (TPSA) is 61.8 Å². The van der Waals surface area contributed by atoms with Gasteiger partial charge in [0.05, 0.1) is 12.2 Å². The number of hydrogen-bond donors (Lipinski definition) is 2. The molecule has 118 valence electrons. The number of carboxylic acid groups (broad SMARTS) is 1. The first-order valence-corrected chi connectivity index (χ1v) is 7.56. The van der Waals surface area contributed by atoms with Crippen LogP contribution >= 0.6 is 0 Å². The van der Waals surface area contributed by atoms with Crippen LogP contribution in [0.5, 0.6) is 0 Å². The fraction of sp³-hybridized carbons (Fsp3) is 0.933. The SMILES string of the molecule is CCCNC(C)(CC(C)N1CCOC(C)(C)C1)C(=O)O. The molecule has 0 saturated carbocycles. The number of nitrogens with zero attached hydrogens (tertiary/aromatic N) is 1. The van der Waals surface area contributed by atoms with Crippen molar-refractivity contribution in [2.75, 3.05) is 26.2 Å². The van der Waals surface area contributed by atoms with E-state index < -0.39 is 11.5 Å². The summed E-state index contributed by atoms with van der Waals surface area (Å²) in [5, 5.41) is 12.7. The molecule has 0 spiro atoms. The van der Waals surface area contributed by atoms with E-state index in [0.717, 1.165) is 26.1 Å². The Hall–Kier alpha value is -0.650. The molecule has 0 aromatic carbocycles. The molecule has 0 aliphatic carbocycles. The number of ether oxygens (including phenoxy) is 1. The summed E-state index contributed by atoms with van der Waals surface area (Å²) in [6, 6.07) is 0.212. The van der Waals surface area contributed by atoms with Crippen molar-refractivity contribution >= 4 is 5.97 Å². The third-order valence-electron chi connectivity index (χ3n) is 4.02. The fourth-order valence-corrected chi connectivity index (χ4v) is 2.79. The zero-order valence-electron chi connectivity index (χ0n) is 13.5. The van der Waals surface area contributed by atoms with Gasteiger partial charge in [0.25, 0.3) is 0 Å². The van der Waals surface area contributed by atoms with Crippen molar-refractivity contribution in [1.29, 1.82) is 0 Å². The molecule has 2 N–H and O–H groups in total. The Morgan fingerprint density at radius 3 is 2.70 bits per heavy atom. The predicted molar refractivity (Wildman–Crippen MR) is 80.0 cm³/mol. The molecule has 2 atom stereocenters. The molecular weight excluding hydrogens is 256 g/mol. The minimum atomic E-state index is -0.863. The summed E-state index contributed by atoms with van der Waals surface area (Å²) in [4.78, 5) is 13.9. The Bertz CT molecular complexity index is 333. The van der Waals surface area contributed by atoms with Gasteiger partial charge in [-0.25, -0.2) is 0 Å². The van der Waals surface area contributed by atoms with E-state index in [-0.39, 0.29) is 11.6 Å². The normalized spacial score (nSPS) is 24.1. The second-order valence-corrected chi connectivity index (χ2v) is 6.70. The molecular formula is C15H30N2O3. The third kappa shape index (κ3) is 4.72. The van der Waals surface area contributed by atoms with Gasteiger partial charge in [-0.15, -0.1) is 0 Å². The van der Waals surface area contributed by atoms with E-state index in [1.165, 1.54) is 0 Å². The van der Waals surface area contributed by atoms with Crippen LogP contribution in [-0.2, 0) is 9.53 Å². The summed E-state index contributed by atoms with van der Waals surface area (Å²) in [6.45, 7) is 13.3. The van der Waals surface area contributed by atoms with Gasteiger partial charge in [0, 0.05) is 19.1 Å². The van der Waals surface area contributed by atoms with Crippen LogP contribution in [0.3, 0.4) is 0 Å². The molecule has 1 aliphatic rings. The van der Waals surface area contributed by atoms with Crippen molar-refractivity contribution in [3.05, 3.63) is 0 Å². The van der Waals surface area contributed by atoms with E-state index in [1.54, 1.807) is 6.92 Å². The van der Waals surface area contributed by atoms with Crippen molar-refractivity contribution in [1.82, 2.24) is 10.2 Å². The largest absolute Gasteiger partial charge is 0.480 e. The van der Waals surface area contributed by atoms with Gasteiger partial charge in [-0.2, -0.15) is 0 Å². The average Bonchev–Trinajstić information content (AvgIpc) is 2.35. The van der Waals surface area contributed by atoms with Crippen molar-refractivity contribution in [2.24, 2.45) is 0 Å².